The molecule has 0 radical (unpaired) electrons. The molecular formula is C24H41N5O2. The summed E-state index contributed by atoms with van der Waals surface area (Å²) in [7, 11) is 1.72. The average Bonchev–Trinajstić information content (AvgIpc) is 2.83. The van der Waals surface area contributed by atoms with Crippen LogP contribution >= 0.6 is 0 Å². The highest BCUT2D eigenvalue weighted by atomic mass is 16.5. The Kier molecular flexibility index (Phi) is 9.90. The molecule has 1 aromatic carbocycles. The molecule has 0 bridgehead atoms. The van der Waals surface area contributed by atoms with E-state index in [1.165, 1.54) is 37.7 Å². The molecule has 1 aliphatic heterocycles. The van der Waals surface area contributed by atoms with Crippen molar-refractivity contribution in [1.29, 1.82) is 0 Å². The summed E-state index contributed by atoms with van der Waals surface area (Å²) in [5.41, 5.74) is 2.54. The fourth-order valence-corrected chi connectivity index (χ4v) is 4.64. The second kappa shape index (κ2) is 12.9. The highest BCUT2D eigenvalue weighted by molar-refractivity contribution is 5.79. The Bertz CT molecular complexity index is 652. The number of guanidine groups is 1. The number of methoxy groups -OCH3 is 1. The lowest BCUT2D eigenvalue weighted by atomic mass is 9.80. The largest absolute Gasteiger partial charge is 0.383 e. The monoisotopic (exact) mass is 431 g/mol. The summed E-state index contributed by atoms with van der Waals surface area (Å²) in [6.07, 6.45) is 6.51. The van der Waals surface area contributed by atoms with Gasteiger partial charge in [0.05, 0.1) is 26.4 Å². The van der Waals surface area contributed by atoms with Crippen LogP contribution in [0, 0.1) is 0 Å². The molecule has 3 N–H and O–H groups in total. The molecule has 2 fully saturated rings. The first-order chi connectivity index (χ1) is 15.3. The van der Waals surface area contributed by atoms with E-state index in [4.69, 9.17) is 14.5 Å². The van der Waals surface area contributed by atoms with Gasteiger partial charge in [-0.2, -0.15) is 0 Å². The van der Waals surface area contributed by atoms with Gasteiger partial charge in [0.2, 0.25) is 0 Å². The highest BCUT2D eigenvalue weighted by Gasteiger charge is 2.38. The van der Waals surface area contributed by atoms with Gasteiger partial charge in [-0.25, -0.2) is 4.99 Å². The molecule has 0 amide bonds. The molecule has 7 heteroatoms. The first-order valence-corrected chi connectivity index (χ1v) is 11.9. The van der Waals surface area contributed by atoms with Crippen molar-refractivity contribution in [2.45, 2.75) is 51.1 Å². The van der Waals surface area contributed by atoms with E-state index in [1.54, 1.807) is 7.11 Å². The lowest BCUT2D eigenvalue weighted by molar-refractivity contribution is -0.0352. The first kappa shape index (κ1) is 23.8. The summed E-state index contributed by atoms with van der Waals surface area (Å²) in [5.74, 6) is 0.906. The van der Waals surface area contributed by atoms with Gasteiger partial charge in [0, 0.05) is 51.1 Å². The van der Waals surface area contributed by atoms with Crippen molar-refractivity contribution in [3.8, 4) is 0 Å². The van der Waals surface area contributed by atoms with Crippen molar-refractivity contribution < 1.29 is 9.47 Å². The normalized spacial score (nSPS) is 19.7. The number of rotatable bonds is 10. The lowest BCUT2D eigenvalue weighted by Crippen LogP contribution is -2.60. The molecule has 1 heterocycles. The second-order valence-corrected chi connectivity index (χ2v) is 8.55. The standard InChI is InChI=1S/C24H41N5O2/c1-3-25-23(27-19-21-7-9-22(10-8-21)26-13-16-30-2)28-20-24(11-5-4-6-12-24)29-14-17-31-18-15-29/h7-10,26H,3-6,11-20H2,1-2H3,(H2,25,27,28). The van der Waals surface area contributed by atoms with E-state index in [1.807, 2.05) is 0 Å². The number of nitrogens with zero attached hydrogens (tertiary/aromatic N) is 2. The zero-order chi connectivity index (χ0) is 21.8. The van der Waals surface area contributed by atoms with E-state index in [0.29, 0.717) is 13.2 Å². The molecule has 31 heavy (non-hydrogen) atoms. The van der Waals surface area contributed by atoms with Crippen molar-refractivity contribution in [2.24, 2.45) is 4.99 Å². The van der Waals surface area contributed by atoms with Gasteiger partial charge < -0.3 is 25.4 Å². The third-order valence-electron chi connectivity index (χ3n) is 6.40. The Morgan fingerprint density at radius 2 is 1.84 bits per heavy atom. The molecule has 7 nitrogen and oxygen atoms in total. The zero-order valence-corrected chi connectivity index (χ0v) is 19.4. The van der Waals surface area contributed by atoms with Gasteiger partial charge in [-0.15, -0.1) is 0 Å². The third-order valence-corrected chi connectivity index (χ3v) is 6.40. The Morgan fingerprint density at radius 3 is 2.52 bits per heavy atom. The minimum atomic E-state index is 0.230. The van der Waals surface area contributed by atoms with Crippen LogP contribution in [-0.2, 0) is 16.0 Å². The molecular weight excluding hydrogens is 390 g/mol. The fourth-order valence-electron chi connectivity index (χ4n) is 4.64. The van der Waals surface area contributed by atoms with Crippen LogP contribution in [0.1, 0.15) is 44.6 Å². The number of ether oxygens (including phenoxy) is 2. The maximum Gasteiger partial charge on any atom is 0.191 e. The second-order valence-electron chi connectivity index (χ2n) is 8.55. The molecule has 0 aromatic heterocycles. The zero-order valence-electron chi connectivity index (χ0n) is 19.4. The SMILES string of the molecule is CCNC(=NCc1ccc(NCCOC)cc1)NCC1(N2CCOCC2)CCCCC1. The van der Waals surface area contributed by atoms with E-state index in [0.717, 1.165) is 57.6 Å². The van der Waals surface area contributed by atoms with Crippen LogP contribution < -0.4 is 16.0 Å². The van der Waals surface area contributed by atoms with Crippen molar-refractivity contribution >= 4 is 11.6 Å². The fraction of sp³-hybridized carbons (Fsp3) is 0.708. The summed E-state index contributed by atoms with van der Waals surface area (Å²) < 4.78 is 10.7. The van der Waals surface area contributed by atoms with Crippen molar-refractivity contribution in [1.82, 2.24) is 15.5 Å². The van der Waals surface area contributed by atoms with Crippen molar-refractivity contribution in [3.63, 3.8) is 0 Å². The molecule has 174 valence electrons. The van der Waals surface area contributed by atoms with Gasteiger partial charge in [0.1, 0.15) is 0 Å². The van der Waals surface area contributed by atoms with Crippen LogP contribution in [0.5, 0.6) is 0 Å². The lowest BCUT2D eigenvalue weighted by Gasteiger charge is -2.48. The van der Waals surface area contributed by atoms with Crippen LogP contribution in [0.15, 0.2) is 29.3 Å². The van der Waals surface area contributed by atoms with E-state index in [2.05, 4.69) is 52.0 Å². The predicted molar refractivity (Wildman–Crippen MR) is 128 cm³/mol. The smallest absolute Gasteiger partial charge is 0.191 e. The van der Waals surface area contributed by atoms with Gasteiger partial charge in [-0.1, -0.05) is 31.4 Å². The van der Waals surface area contributed by atoms with Gasteiger partial charge in [0.15, 0.2) is 5.96 Å². The molecule has 0 unspecified atom stereocenters. The van der Waals surface area contributed by atoms with Crippen LogP contribution in [0.3, 0.4) is 0 Å². The first-order valence-electron chi connectivity index (χ1n) is 11.9. The molecule has 0 atom stereocenters. The summed E-state index contributed by atoms with van der Waals surface area (Å²) in [6.45, 7) is 9.90. The minimum Gasteiger partial charge on any atom is -0.383 e. The highest BCUT2D eigenvalue weighted by Crippen LogP contribution is 2.33. The molecule has 2 aliphatic rings. The molecule has 1 saturated carbocycles. The van der Waals surface area contributed by atoms with Gasteiger partial charge in [-0.3, -0.25) is 4.90 Å². The molecule has 1 saturated heterocycles. The average molecular weight is 432 g/mol. The Labute approximate surface area is 188 Å². The van der Waals surface area contributed by atoms with Crippen molar-refractivity contribution in [3.05, 3.63) is 29.8 Å². The molecule has 1 aliphatic carbocycles. The molecule has 1 aromatic rings. The van der Waals surface area contributed by atoms with E-state index >= 15 is 0 Å². The number of nitrogens with one attached hydrogen (secondary N) is 3. The Hall–Kier alpha value is -1.83. The quantitative estimate of drug-likeness (QED) is 0.301. The maximum atomic E-state index is 5.61. The van der Waals surface area contributed by atoms with Crippen LogP contribution in [-0.4, -0.2) is 76.1 Å². The maximum absolute atomic E-state index is 5.61. The number of morpholine rings is 1. The minimum absolute atomic E-state index is 0.230. The Balaban J connectivity index is 1.58. The van der Waals surface area contributed by atoms with Crippen LogP contribution in [0.25, 0.3) is 0 Å². The number of anilines is 1. The van der Waals surface area contributed by atoms with Gasteiger partial charge >= 0.3 is 0 Å². The summed E-state index contributed by atoms with van der Waals surface area (Å²) in [4.78, 5) is 7.53. The van der Waals surface area contributed by atoms with Gasteiger partial charge in [-0.05, 0) is 37.5 Å². The van der Waals surface area contributed by atoms with Gasteiger partial charge in [0.25, 0.3) is 0 Å². The summed E-state index contributed by atoms with van der Waals surface area (Å²) in [5, 5.41) is 10.5. The molecule has 0 spiro atoms. The van der Waals surface area contributed by atoms with Crippen LogP contribution in [0.2, 0.25) is 0 Å². The predicted octanol–water partition coefficient (Wildman–Crippen LogP) is 2.84. The third kappa shape index (κ3) is 7.37. The topological polar surface area (TPSA) is 70.2 Å². The number of hydrogen-bond donors (Lipinski definition) is 3. The van der Waals surface area contributed by atoms with E-state index < -0.39 is 0 Å². The number of aliphatic imine (C=N–C) groups is 1. The van der Waals surface area contributed by atoms with Crippen molar-refractivity contribution in [2.75, 3.05) is 65.0 Å². The molecule has 3 rings (SSSR count). The summed E-state index contributed by atoms with van der Waals surface area (Å²) >= 11 is 0. The number of hydrogen-bond acceptors (Lipinski definition) is 5. The van der Waals surface area contributed by atoms with E-state index in [-0.39, 0.29) is 5.54 Å². The Morgan fingerprint density at radius 1 is 1.10 bits per heavy atom. The van der Waals surface area contributed by atoms with Crippen LogP contribution in [0.4, 0.5) is 5.69 Å². The van der Waals surface area contributed by atoms with E-state index in [9.17, 15) is 0 Å². The summed E-state index contributed by atoms with van der Waals surface area (Å²) in [6, 6.07) is 8.49. The number of benzene rings is 1.